The van der Waals surface area contributed by atoms with Crippen molar-refractivity contribution >= 4 is 33.4 Å². The minimum Gasteiger partial charge on any atom is -0.373 e. The molecule has 2 N–H and O–H groups in total. The second kappa shape index (κ2) is 5.09. The Balaban J connectivity index is 2.25. The third kappa shape index (κ3) is 2.91. The van der Waals surface area contributed by atoms with Crippen LogP contribution in [0.15, 0.2) is 29.1 Å². The molecule has 88 valence electrons. The molecule has 0 aliphatic heterocycles. The number of aryl methyl sites for hydroxylation is 1. The normalized spacial score (nSPS) is 10.1. The van der Waals surface area contributed by atoms with Crippen LogP contribution in [0, 0.1) is 6.92 Å². The van der Waals surface area contributed by atoms with E-state index < -0.39 is 0 Å². The number of hydrogen-bond donors (Lipinski definition) is 2. The number of halogens is 1. The lowest BCUT2D eigenvalue weighted by Gasteiger charge is -2.08. The van der Waals surface area contributed by atoms with Crippen molar-refractivity contribution in [3.8, 4) is 0 Å². The summed E-state index contributed by atoms with van der Waals surface area (Å²) in [5.74, 6) is 2.26. The first kappa shape index (κ1) is 11.8. The monoisotopic (exact) mass is 293 g/mol. The number of aromatic nitrogens is 3. The van der Waals surface area contributed by atoms with Crippen LogP contribution in [0.5, 0.6) is 0 Å². The molecule has 0 aromatic carbocycles. The molecule has 0 saturated heterocycles. The average Bonchev–Trinajstić information content (AvgIpc) is 2.33. The molecule has 17 heavy (non-hydrogen) atoms. The zero-order valence-electron chi connectivity index (χ0n) is 9.53. The molecule has 0 bridgehead atoms. The maximum Gasteiger partial charge on any atom is 0.137 e. The smallest absolute Gasteiger partial charge is 0.137 e. The number of nitrogens with one attached hydrogen (secondary N) is 2. The highest BCUT2D eigenvalue weighted by atomic mass is 79.9. The molecule has 0 spiro atoms. The summed E-state index contributed by atoms with van der Waals surface area (Å²) in [5.41, 5.74) is 1.05. The van der Waals surface area contributed by atoms with Crippen LogP contribution in [0.1, 0.15) is 5.56 Å². The van der Waals surface area contributed by atoms with Gasteiger partial charge in [0.15, 0.2) is 0 Å². The molecule has 5 nitrogen and oxygen atoms in total. The minimum atomic E-state index is 0.710. The Morgan fingerprint density at radius 2 is 1.88 bits per heavy atom. The van der Waals surface area contributed by atoms with E-state index in [1.54, 1.807) is 6.20 Å². The Kier molecular flexibility index (Phi) is 3.53. The fourth-order valence-electron chi connectivity index (χ4n) is 1.36. The van der Waals surface area contributed by atoms with E-state index in [0.29, 0.717) is 5.82 Å². The molecule has 0 unspecified atom stereocenters. The first-order valence-electron chi connectivity index (χ1n) is 5.08. The number of hydrogen-bond acceptors (Lipinski definition) is 5. The Morgan fingerprint density at radius 1 is 1.12 bits per heavy atom. The van der Waals surface area contributed by atoms with E-state index in [2.05, 4.69) is 41.5 Å². The summed E-state index contributed by atoms with van der Waals surface area (Å²) < 4.78 is 0.958. The molecular formula is C11H12BrN5. The highest BCUT2D eigenvalue weighted by molar-refractivity contribution is 9.10. The van der Waals surface area contributed by atoms with E-state index in [0.717, 1.165) is 21.7 Å². The molecule has 0 saturated carbocycles. The number of nitrogens with zero attached hydrogens (tertiary/aromatic N) is 3. The van der Waals surface area contributed by atoms with Crippen LogP contribution < -0.4 is 10.6 Å². The molecule has 2 rings (SSSR count). The van der Waals surface area contributed by atoms with E-state index in [1.807, 2.05) is 26.1 Å². The third-order valence-corrected chi connectivity index (χ3v) is 2.65. The zero-order chi connectivity index (χ0) is 12.3. The highest BCUT2D eigenvalue weighted by Crippen LogP contribution is 2.20. The van der Waals surface area contributed by atoms with Crippen LogP contribution in [0.25, 0.3) is 0 Å². The van der Waals surface area contributed by atoms with E-state index >= 15 is 0 Å². The summed E-state index contributed by atoms with van der Waals surface area (Å²) >= 11 is 3.38. The number of rotatable bonds is 3. The summed E-state index contributed by atoms with van der Waals surface area (Å²) in [5, 5.41) is 6.11. The molecule has 0 atom stereocenters. The van der Waals surface area contributed by atoms with Gasteiger partial charge in [0, 0.05) is 23.8 Å². The molecule has 0 aliphatic rings. The Bertz CT molecular complexity index is 529. The number of pyridine rings is 1. The maximum absolute atomic E-state index is 4.29. The summed E-state index contributed by atoms with van der Waals surface area (Å²) in [6.07, 6.45) is 3.25. The Morgan fingerprint density at radius 3 is 2.59 bits per heavy atom. The lowest BCUT2D eigenvalue weighted by molar-refractivity contribution is 1.14. The van der Waals surface area contributed by atoms with Gasteiger partial charge < -0.3 is 10.6 Å². The Labute approximate surface area is 108 Å². The van der Waals surface area contributed by atoms with Crippen LogP contribution >= 0.6 is 15.9 Å². The van der Waals surface area contributed by atoms with Gasteiger partial charge in [0.1, 0.15) is 23.8 Å². The topological polar surface area (TPSA) is 62.7 Å². The average molecular weight is 294 g/mol. The van der Waals surface area contributed by atoms with Crippen molar-refractivity contribution in [2.75, 3.05) is 17.7 Å². The van der Waals surface area contributed by atoms with Crippen LogP contribution in [0.4, 0.5) is 17.5 Å². The fourth-order valence-corrected chi connectivity index (χ4v) is 1.80. The molecule has 2 aromatic heterocycles. The van der Waals surface area contributed by atoms with Gasteiger partial charge in [-0.05, 0) is 34.5 Å². The quantitative estimate of drug-likeness (QED) is 0.911. The van der Waals surface area contributed by atoms with Crippen LogP contribution in [-0.2, 0) is 0 Å². The molecule has 0 radical (unpaired) electrons. The van der Waals surface area contributed by atoms with Crippen molar-refractivity contribution < 1.29 is 0 Å². The fraction of sp³-hybridized carbons (Fsp3) is 0.182. The first-order chi connectivity index (χ1) is 8.19. The second-order valence-electron chi connectivity index (χ2n) is 3.48. The minimum absolute atomic E-state index is 0.710. The van der Waals surface area contributed by atoms with Gasteiger partial charge >= 0.3 is 0 Å². The number of anilines is 3. The van der Waals surface area contributed by atoms with Gasteiger partial charge in [0.2, 0.25) is 0 Å². The van der Waals surface area contributed by atoms with Crippen molar-refractivity contribution in [2.24, 2.45) is 0 Å². The molecule has 0 amide bonds. The van der Waals surface area contributed by atoms with Crippen LogP contribution in [0.2, 0.25) is 0 Å². The lowest BCUT2D eigenvalue weighted by atomic mass is 10.3. The van der Waals surface area contributed by atoms with E-state index in [4.69, 9.17) is 0 Å². The maximum atomic E-state index is 4.29. The Hall–Kier alpha value is -1.69. The summed E-state index contributed by atoms with van der Waals surface area (Å²) in [4.78, 5) is 12.5. The van der Waals surface area contributed by atoms with Crippen molar-refractivity contribution in [1.29, 1.82) is 0 Å². The predicted molar refractivity (Wildman–Crippen MR) is 71.5 cm³/mol. The van der Waals surface area contributed by atoms with E-state index in [9.17, 15) is 0 Å². The van der Waals surface area contributed by atoms with Crippen molar-refractivity contribution in [3.05, 3.63) is 34.7 Å². The van der Waals surface area contributed by atoms with Gasteiger partial charge in [0.25, 0.3) is 0 Å². The zero-order valence-corrected chi connectivity index (χ0v) is 11.1. The molecule has 2 heterocycles. The van der Waals surface area contributed by atoms with Crippen molar-refractivity contribution in [1.82, 2.24) is 15.0 Å². The largest absolute Gasteiger partial charge is 0.373 e. The second-order valence-corrected chi connectivity index (χ2v) is 4.40. The molecule has 2 aromatic rings. The first-order valence-corrected chi connectivity index (χ1v) is 5.87. The molecule has 0 fully saturated rings. The standard InChI is InChI=1S/C11H12BrN5/c1-7-3-8(12)5-14-11(7)17-10-4-9(13-2)15-6-16-10/h3-6H,1-2H3,(H2,13,14,15,16,17). The summed E-state index contributed by atoms with van der Waals surface area (Å²) in [6.45, 7) is 1.99. The van der Waals surface area contributed by atoms with Gasteiger partial charge in [-0.2, -0.15) is 0 Å². The summed E-state index contributed by atoms with van der Waals surface area (Å²) in [6, 6.07) is 3.82. The molecule has 0 aliphatic carbocycles. The molecule has 6 heteroatoms. The van der Waals surface area contributed by atoms with Crippen molar-refractivity contribution in [2.45, 2.75) is 6.92 Å². The van der Waals surface area contributed by atoms with Crippen LogP contribution in [-0.4, -0.2) is 22.0 Å². The van der Waals surface area contributed by atoms with E-state index in [-0.39, 0.29) is 0 Å². The highest BCUT2D eigenvalue weighted by Gasteiger charge is 2.03. The molecular weight excluding hydrogens is 282 g/mol. The van der Waals surface area contributed by atoms with Crippen LogP contribution in [0.3, 0.4) is 0 Å². The van der Waals surface area contributed by atoms with Gasteiger partial charge in [-0.25, -0.2) is 15.0 Å². The lowest BCUT2D eigenvalue weighted by Crippen LogP contribution is -2.00. The van der Waals surface area contributed by atoms with Gasteiger partial charge in [-0.1, -0.05) is 0 Å². The van der Waals surface area contributed by atoms with Gasteiger partial charge in [-0.3, -0.25) is 0 Å². The SMILES string of the molecule is CNc1cc(Nc2ncc(Br)cc2C)ncn1. The summed E-state index contributed by atoms with van der Waals surface area (Å²) in [7, 11) is 1.81. The van der Waals surface area contributed by atoms with Gasteiger partial charge in [0.05, 0.1) is 0 Å². The predicted octanol–water partition coefficient (Wildman–Crippen LogP) is 2.73. The third-order valence-electron chi connectivity index (χ3n) is 2.21. The van der Waals surface area contributed by atoms with Crippen molar-refractivity contribution in [3.63, 3.8) is 0 Å². The van der Waals surface area contributed by atoms with Gasteiger partial charge in [-0.15, -0.1) is 0 Å². The van der Waals surface area contributed by atoms with E-state index in [1.165, 1.54) is 6.33 Å².